The number of nitrogen functional groups attached to an aromatic ring is 1. The summed E-state index contributed by atoms with van der Waals surface area (Å²) in [5, 5.41) is 4.81. The SMILES string of the molecule is COc1cc(N)ccc1OCc1c(C)nn(C)c1Cl. The van der Waals surface area contributed by atoms with Crippen molar-refractivity contribution < 1.29 is 9.47 Å². The summed E-state index contributed by atoms with van der Waals surface area (Å²) in [5.41, 5.74) is 8.03. The molecule has 1 heterocycles. The highest BCUT2D eigenvalue weighted by molar-refractivity contribution is 6.30. The lowest BCUT2D eigenvalue weighted by molar-refractivity contribution is 0.284. The first-order chi connectivity index (χ1) is 9.02. The molecule has 0 aliphatic heterocycles. The molecule has 0 atom stereocenters. The van der Waals surface area contributed by atoms with E-state index in [0.29, 0.717) is 28.9 Å². The van der Waals surface area contributed by atoms with Crippen molar-refractivity contribution >= 4 is 17.3 Å². The minimum atomic E-state index is 0.332. The van der Waals surface area contributed by atoms with E-state index in [1.807, 2.05) is 6.92 Å². The van der Waals surface area contributed by atoms with Crippen LogP contribution in [0.2, 0.25) is 5.15 Å². The number of aromatic nitrogens is 2. The zero-order valence-electron chi connectivity index (χ0n) is 11.1. The molecule has 0 radical (unpaired) electrons. The average molecular weight is 282 g/mol. The summed E-state index contributed by atoms with van der Waals surface area (Å²) >= 11 is 6.15. The van der Waals surface area contributed by atoms with E-state index in [4.69, 9.17) is 26.8 Å². The van der Waals surface area contributed by atoms with Crippen molar-refractivity contribution in [2.75, 3.05) is 12.8 Å². The van der Waals surface area contributed by atoms with Crippen LogP contribution >= 0.6 is 11.6 Å². The maximum Gasteiger partial charge on any atom is 0.162 e. The van der Waals surface area contributed by atoms with Crippen molar-refractivity contribution in [2.24, 2.45) is 7.05 Å². The Balaban J connectivity index is 2.19. The molecular weight excluding hydrogens is 266 g/mol. The molecule has 0 saturated carbocycles. The number of methoxy groups -OCH3 is 1. The van der Waals surface area contributed by atoms with Crippen LogP contribution in [0.4, 0.5) is 5.69 Å². The van der Waals surface area contributed by atoms with E-state index in [-0.39, 0.29) is 0 Å². The Morgan fingerprint density at radius 2 is 2.11 bits per heavy atom. The highest BCUT2D eigenvalue weighted by Crippen LogP contribution is 2.30. The van der Waals surface area contributed by atoms with Gasteiger partial charge in [-0.15, -0.1) is 0 Å². The Labute approximate surface area is 116 Å². The fourth-order valence-corrected chi connectivity index (χ4v) is 2.02. The van der Waals surface area contributed by atoms with E-state index in [9.17, 15) is 0 Å². The first-order valence-electron chi connectivity index (χ1n) is 5.77. The maximum atomic E-state index is 6.15. The Hall–Kier alpha value is -1.88. The van der Waals surface area contributed by atoms with Crippen molar-refractivity contribution in [3.05, 3.63) is 34.6 Å². The molecule has 1 aromatic carbocycles. The number of halogens is 1. The Bertz CT molecular complexity index is 596. The fraction of sp³-hybridized carbons (Fsp3) is 0.308. The van der Waals surface area contributed by atoms with Crippen molar-refractivity contribution in [1.82, 2.24) is 9.78 Å². The molecule has 0 unspecified atom stereocenters. The number of hydrogen-bond donors (Lipinski definition) is 1. The molecule has 2 aromatic rings. The van der Waals surface area contributed by atoms with Gasteiger partial charge in [0.1, 0.15) is 11.8 Å². The second kappa shape index (κ2) is 5.40. The number of anilines is 1. The van der Waals surface area contributed by atoms with Gasteiger partial charge in [0.15, 0.2) is 11.5 Å². The summed E-state index contributed by atoms with van der Waals surface area (Å²) in [6.45, 7) is 2.23. The zero-order chi connectivity index (χ0) is 14.0. The second-order valence-corrected chi connectivity index (χ2v) is 4.54. The molecule has 0 bridgehead atoms. The highest BCUT2D eigenvalue weighted by atomic mass is 35.5. The van der Waals surface area contributed by atoms with Gasteiger partial charge in [-0.1, -0.05) is 11.6 Å². The third-order valence-corrected chi connectivity index (χ3v) is 3.30. The van der Waals surface area contributed by atoms with Gasteiger partial charge in [-0.05, 0) is 19.1 Å². The normalized spacial score (nSPS) is 10.5. The van der Waals surface area contributed by atoms with Crippen LogP contribution in [0.5, 0.6) is 11.5 Å². The summed E-state index contributed by atoms with van der Waals surface area (Å²) in [7, 11) is 3.37. The van der Waals surface area contributed by atoms with E-state index in [2.05, 4.69) is 5.10 Å². The topological polar surface area (TPSA) is 62.3 Å². The number of ether oxygens (including phenoxy) is 2. The van der Waals surface area contributed by atoms with E-state index in [0.717, 1.165) is 11.3 Å². The lowest BCUT2D eigenvalue weighted by Gasteiger charge is -2.11. The van der Waals surface area contributed by atoms with Gasteiger partial charge in [0, 0.05) is 24.4 Å². The Morgan fingerprint density at radius 1 is 1.37 bits per heavy atom. The molecule has 0 aliphatic carbocycles. The molecule has 6 heteroatoms. The van der Waals surface area contributed by atoms with E-state index >= 15 is 0 Å². The second-order valence-electron chi connectivity index (χ2n) is 4.18. The van der Waals surface area contributed by atoms with E-state index in [1.165, 1.54) is 0 Å². The predicted octanol–water partition coefficient (Wildman–Crippen LogP) is 2.55. The quantitative estimate of drug-likeness (QED) is 0.875. The van der Waals surface area contributed by atoms with Crippen LogP contribution in [0.3, 0.4) is 0 Å². The van der Waals surface area contributed by atoms with Crippen LogP contribution in [0.1, 0.15) is 11.3 Å². The molecule has 5 nitrogen and oxygen atoms in total. The molecule has 102 valence electrons. The third kappa shape index (κ3) is 2.76. The van der Waals surface area contributed by atoms with Crippen molar-refractivity contribution in [3.8, 4) is 11.5 Å². The number of rotatable bonds is 4. The minimum absolute atomic E-state index is 0.332. The number of nitrogens with two attached hydrogens (primary N) is 1. The maximum absolute atomic E-state index is 6.15. The smallest absolute Gasteiger partial charge is 0.162 e. The van der Waals surface area contributed by atoms with Gasteiger partial charge in [0.25, 0.3) is 0 Å². The molecule has 19 heavy (non-hydrogen) atoms. The molecule has 0 saturated heterocycles. The number of hydrogen-bond acceptors (Lipinski definition) is 4. The average Bonchev–Trinajstić information content (AvgIpc) is 2.62. The van der Waals surface area contributed by atoms with E-state index in [1.54, 1.807) is 37.0 Å². The van der Waals surface area contributed by atoms with Gasteiger partial charge in [0.2, 0.25) is 0 Å². The Kier molecular flexibility index (Phi) is 3.85. The summed E-state index contributed by atoms with van der Waals surface area (Å²) in [6, 6.07) is 5.25. The number of benzene rings is 1. The Morgan fingerprint density at radius 3 is 2.68 bits per heavy atom. The van der Waals surface area contributed by atoms with Gasteiger partial charge < -0.3 is 15.2 Å². The van der Waals surface area contributed by atoms with Crippen LogP contribution < -0.4 is 15.2 Å². The zero-order valence-corrected chi connectivity index (χ0v) is 11.9. The van der Waals surface area contributed by atoms with Crippen molar-refractivity contribution in [2.45, 2.75) is 13.5 Å². The van der Waals surface area contributed by atoms with Crippen LogP contribution in [-0.4, -0.2) is 16.9 Å². The summed E-state index contributed by atoms with van der Waals surface area (Å²) in [6.07, 6.45) is 0. The largest absolute Gasteiger partial charge is 0.493 e. The molecule has 2 N–H and O–H groups in total. The van der Waals surface area contributed by atoms with Gasteiger partial charge in [0.05, 0.1) is 12.8 Å². The molecule has 0 aliphatic rings. The van der Waals surface area contributed by atoms with E-state index < -0.39 is 0 Å². The molecule has 2 rings (SSSR count). The van der Waals surface area contributed by atoms with Crippen LogP contribution in [0.15, 0.2) is 18.2 Å². The van der Waals surface area contributed by atoms with Crippen LogP contribution in [-0.2, 0) is 13.7 Å². The number of aryl methyl sites for hydroxylation is 2. The van der Waals surface area contributed by atoms with Gasteiger partial charge in [-0.2, -0.15) is 5.10 Å². The first kappa shape index (κ1) is 13.5. The summed E-state index contributed by atoms with van der Waals surface area (Å²) < 4.78 is 12.6. The molecule has 0 fully saturated rings. The summed E-state index contributed by atoms with van der Waals surface area (Å²) in [5.74, 6) is 1.22. The third-order valence-electron chi connectivity index (χ3n) is 2.83. The van der Waals surface area contributed by atoms with Crippen molar-refractivity contribution in [3.63, 3.8) is 0 Å². The molecule has 1 aromatic heterocycles. The predicted molar refractivity (Wildman–Crippen MR) is 74.7 cm³/mol. The standard InChI is InChI=1S/C13H16ClN3O2/c1-8-10(13(14)17(2)16-8)7-19-11-5-4-9(15)6-12(11)18-3/h4-6H,7,15H2,1-3H3. The minimum Gasteiger partial charge on any atom is -0.493 e. The fourth-order valence-electron chi connectivity index (χ4n) is 1.79. The lowest BCUT2D eigenvalue weighted by Crippen LogP contribution is -1.99. The summed E-state index contributed by atoms with van der Waals surface area (Å²) in [4.78, 5) is 0. The van der Waals surface area contributed by atoms with Gasteiger partial charge in [-0.3, -0.25) is 4.68 Å². The van der Waals surface area contributed by atoms with Crippen LogP contribution in [0, 0.1) is 6.92 Å². The van der Waals surface area contributed by atoms with Crippen molar-refractivity contribution in [1.29, 1.82) is 0 Å². The molecule has 0 spiro atoms. The molecule has 0 amide bonds. The van der Waals surface area contributed by atoms with Crippen LogP contribution in [0.25, 0.3) is 0 Å². The number of nitrogens with zero attached hydrogens (tertiary/aromatic N) is 2. The highest BCUT2D eigenvalue weighted by Gasteiger charge is 2.13. The van der Waals surface area contributed by atoms with Gasteiger partial charge >= 0.3 is 0 Å². The van der Waals surface area contributed by atoms with Gasteiger partial charge in [-0.25, -0.2) is 0 Å². The molecular formula is C13H16ClN3O2. The monoisotopic (exact) mass is 281 g/mol. The first-order valence-corrected chi connectivity index (χ1v) is 6.15. The lowest BCUT2D eigenvalue weighted by atomic mass is 10.2.